The van der Waals surface area contributed by atoms with Crippen molar-refractivity contribution < 1.29 is 0 Å². The lowest BCUT2D eigenvalue weighted by Gasteiger charge is -2.26. The molecule has 1 N–H and O–H groups in total. The molecular weight excluding hydrogens is 196 g/mol. The number of rotatable bonds is 1. The highest BCUT2D eigenvalue weighted by atomic mass is 14.9. The molecule has 2 nitrogen and oxygen atoms in total. The molecule has 0 unspecified atom stereocenters. The Morgan fingerprint density at radius 1 is 1.12 bits per heavy atom. The Morgan fingerprint density at radius 3 is 2.94 bits per heavy atom. The van der Waals surface area contributed by atoms with E-state index in [1.54, 1.807) is 0 Å². The van der Waals surface area contributed by atoms with Gasteiger partial charge in [-0.05, 0) is 29.2 Å². The number of pyridine rings is 1. The van der Waals surface area contributed by atoms with Crippen molar-refractivity contribution in [3.63, 3.8) is 0 Å². The summed E-state index contributed by atoms with van der Waals surface area (Å²) >= 11 is 0. The van der Waals surface area contributed by atoms with Gasteiger partial charge in [0.1, 0.15) is 0 Å². The van der Waals surface area contributed by atoms with E-state index in [2.05, 4.69) is 40.6 Å². The zero-order valence-electron chi connectivity index (χ0n) is 9.06. The second-order valence-corrected chi connectivity index (χ2v) is 4.12. The summed E-state index contributed by atoms with van der Waals surface area (Å²) in [6, 6.07) is 13.1. The smallest absolute Gasteiger partial charge is 0.0594 e. The standard InChI is InChI=1S/C14H14N2/c1-2-6-13-11(4-1)7-9-16-14(13)12-5-3-8-15-10-12/h1-6,8,10,14,16H,7,9H2/t14-/m0/s1. The minimum Gasteiger partial charge on any atom is -0.306 e. The van der Waals surface area contributed by atoms with Crippen molar-refractivity contribution in [1.29, 1.82) is 0 Å². The maximum atomic E-state index is 4.19. The second kappa shape index (κ2) is 4.06. The fourth-order valence-corrected chi connectivity index (χ4v) is 2.35. The van der Waals surface area contributed by atoms with Gasteiger partial charge in [-0.2, -0.15) is 0 Å². The number of benzene rings is 1. The van der Waals surface area contributed by atoms with Gasteiger partial charge in [0.2, 0.25) is 0 Å². The molecular formula is C14H14N2. The second-order valence-electron chi connectivity index (χ2n) is 4.12. The summed E-state index contributed by atoms with van der Waals surface area (Å²) in [6.07, 6.45) is 4.88. The van der Waals surface area contributed by atoms with Crippen LogP contribution in [-0.2, 0) is 6.42 Å². The number of fused-ring (bicyclic) bond motifs is 1. The van der Waals surface area contributed by atoms with Gasteiger partial charge in [0.25, 0.3) is 0 Å². The Kier molecular flexibility index (Phi) is 2.43. The van der Waals surface area contributed by atoms with Crippen LogP contribution in [0.2, 0.25) is 0 Å². The lowest BCUT2D eigenvalue weighted by atomic mass is 9.91. The number of hydrogen-bond acceptors (Lipinski definition) is 2. The van der Waals surface area contributed by atoms with Gasteiger partial charge in [-0.25, -0.2) is 0 Å². The molecule has 3 rings (SSSR count). The van der Waals surface area contributed by atoms with E-state index < -0.39 is 0 Å². The first-order chi connectivity index (χ1) is 7.95. The predicted molar refractivity (Wildman–Crippen MR) is 64.2 cm³/mol. The van der Waals surface area contributed by atoms with Gasteiger partial charge in [-0.1, -0.05) is 30.3 Å². The highest BCUT2D eigenvalue weighted by Gasteiger charge is 2.20. The third-order valence-electron chi connectivity index (χ3n) is 3.13. The van der Waals surface area contributed by atoms with Gasteiger partial charge >= 0.3 is 0 Å². The topological polar surface area (TPSA) is 24.9 Å². The molecule has 1 aliphatic rings. The van der Waals surface area contributed by atoms with Crippen molar-refractivity contribution in [2.24, 2.45) is 0 Å². The lowest BCUT2D eigenvalue weighted by Crippen LogP contribution is -2.30. The fourth-order valence-electron chi connectivity index (χ4n) is 2.35. The largest absolute Gasteiger partial charge is 0.306 e. The summed E-state index contributed by atoms with van der Waals surface area (Å²) in [7, 11) is 0. The molecule has 0 aliphatic carbocycles. The van der Waals surface area contributed by atoms with Crippen LogP contribution in [0, 0.1) is 0 Å². The zero-order valence-corrected chi connectivity index (χ0v) is 9.06. The van der Waals surface area contributed by atoms with Crippen molar-refractivity contribution in [3.05, 3.63) is 65.5 Å². The summed E-state index contributed by atoms with van der Waals surface area (Å²) in [4.78, 5) is 4.19. The van der Waals surface area contributed by atoms with Gasteiger partial charge in [-0.15, -0.1) is 0 Å². The van der Waals surface area contributed by atoms with Gasteiger partial charge in [-0.3, -0.25) is 4.98 Å². The predicted octanol–water partition coefficient (Wildman–Crippen LogP) is 2.32. The van der Waals surface area contributed by atoms with Gasteiger partial charge in [0.05, 0.1) is 6.04 Å². The molecule has 80 valence electrons. The molecule has 0 fully saturated rings. The summed E-state index contributed by atoms with van der Waals surface area (Å²) in [5, 5.41) is 3.55. The Hall–Kier alpha value is -1.67. The first-order valence-corrected chi connectivity index (χ1v) is 5.66. The maximum Gasteiger partial charge on any atom is 0.0594 e. The van der Waals surface area contributed by atoms with Crippen LogP contribution in [0.5, 0.6) is 0 Å². The number of nitrogens with zero attached hydrogens (tertiary/aromatic N) is 1. The van der Waals surface area contributed by atoms with E-state index in [4.69, 9.17) is 0 Å². The van der Waals surface area contributed by atoms with Crippen LogP contribution in [0.4, 0.5) is 0 Å². The van der Waals surface area contributed by atoms with Crippen molar-refractivity contribution in [2.45, 2.75) is 12.5 Å². The van der Waals surface area contributed by atoms with E-state index in [1.165, 1.54) is 16.7 Å². The van der Waals surface area contributed by atoms with E-state index in [0.29, 0.717) is 6.04 Å². The van der Waals surface area contributed by atoms with Crippen molar-refractivity contribution >= 4 is 0 Å². The van der Waals surface area contributed by atoms with Crippen molar-refractivity contribution in [2.75, 3.05) is 6.54 Å². The Balaban J connectivity index is 2.05. The molecule has 1 aromatic heterocycles. The van der Waals surface area contributed by atoms with Crippen LogP contribution in [0.25, 0.3) is 0 Å². The first kappa shape index (κ1) is 9.55. The molecule has 0 amide bonds. The highest BCUT2D eigenvalue weighted by Crippen LogP contribution is 2.27. The first-order valence-electron chi connectivity index (χ1n) is 5.66. The summed E-state index contributed by atoms with van der Waals surface area (Å²) in [5.74, 6) is 0. The normalized spacial score (nSPS) is 19.1. The Bertz CT molecular complexity index is 479. The minimum absolute atomic E-state index is 0.304. The minimum atomic E-state index is 0.304. The third kappa shape index (κ3) is 1.61. The summed E-state index contributed by atoms with van der Waals surface area (Å²) in [6.45, 7) is 1.04. The molecule has 0 saturated carbocycles. The van der Waals surface area contributed by atoms with E-state index >= 15 is 0 Å². The van der Waals surface area contributed by atoms with E-state index in [9.17, 15) is 0 Å². The van der Waals surface area contributed by atoms with Crippen molar-refractivity contribution in [1.82, 2.24) is 10.3 Å². The van der Waals surface area contributed by atoms with Crippen LogP contribution in [0.15, 0.2) is 48.8 Å². The molecule has 16 heavy (non-hydrogen) atoms. The van der Waals surface area contributed by atoms with Crippen LogP contribution >= 0.6 is 0 Å². The quantitative estimate of drug-likeness (QED) is 0.781. The maximum absolute atomic E-state index is 4.19. The van der Waals surface area contributed by atoms with E-state index in [1.807, 2.05) is 18.5 Å². The molecule has 2 heteroatoms. The van der Waals surface area contributed by atoms with Crippen LogP contribution in [0.1, 0.15) is 22.7 Å². The zero-order chi connectivity index (χ0) is 10.8. The molecule has 2 heterocycles. The average molecular weight is 210 g/mol. The molecule has 0 radical (unpaired) electrons. The van der Waals surface area contributed by atoms with Crippen LogP contribution in [-0.4, -0.2) is 11.5 Å². The monoisotopic (exact) mass is 210 g/mol. The molecule has 1 aromatic carbocycles. The molecule has 0 saturated heterocycles. The number of nitrogens with one attached hydrogen (secondary N) is 1. The van der Waals surface area contributed by atoms with Crippen LogP contribution < -0.4 is 5.32 Å². The molecule has 1 atom stereocenters. The van der Waals surface area contributed by atoms with E-state index in [-0.39, 0.29) is 0 Å². The average Bonchev–Trinajstić information content (AvgIpc) is 2.39. The lowest BCUT2D eigenvalue weighted by molar-refractivity contribution is 0.566. The molecule has 2 aromatic rings. The van der Waals surface area contributed by atoms with Gasteiger partial charge in [0.15, 0.2) is 0 Å². The number of hydrogen-bond donors (Lipinski definition) is 1. The molecule has 1 aliphatic heterocycles. The van der Waals surface area contributed by atoms with Gasteiger partial charge < -0.3 is 5.32 Å². The van der Waals surface area contributed by atoms with Crippen molar-refractivity contribution in [3.8, 4) is 0 Å². The number of aromatic nitrogens is 1. The highest BCUT2D eigenvalue weighted by molar-refractivity contribution is 5.38. The Morgan fingerprint density at radius 2 is 2.06 bits per heavy atom. The van der Waals surface area contributed by atoms with Gasteiger partial charge in [0, 0.05) is 18.9 Å². The van der Waals surface area contributed by atoms with E-state index in [0.717, 1.165) is 13.0 Å². The fraction of sp³-hybridized carbons (Fsp3) is 0.214. The summed E-state index contributed by atoms with van der Waals surface area (Å²) < 4.78 is 0. The third-order valence-corrected chi connectivity index (χ3v) is 3.13. The summed E-state index contributed by atoms with van der Waals surface area (Å²) in [5.41, 5.74) is 4.09. The molecule has 0 spiro atoms. The Labute approximate surface area is 95.3 Å². The van der Waals surface area contributed by atoms with Crippen LogP contribution in [0.3, 0.4) is 0 Å². The SMILES string of the molecule is c1cncc([C@@H]2NCCc3ccccc32)c1. The molecule has 0 bridgehead atoms.